The third kappa shape index (κ3) is 3.66. The predicted octanol–water partition coefficient (Wildman–Crippen LogP) is 4.76. The standard InChI is InChI=1S/C18H14ClNO3S2/c1-22-14-8-3-11(9-15(14)23-2)10-16-17(21)20(18(24)25-16)13-6-4-12(19)5-7-13/h3-10H,1-2H3. The van der Waals surface area contributed by atoms with Crippen molar-refractivity contribution in [3.05, 3.63) is 58.0 Å². The first-order valence-electron chi connectivity index (χ1n) is 7.29. The number of halogens is 1. The van der Waals surface area contributed by atoms with Crippen molar-refractivity contribution in [3.63, 3.8) is 0 Å². The first-order valence-corrected chi connectivity index (χ1v) is 8.89. The van der Waals surface area contributed by atoms with E-state index < -0.39 is 0 Å². The molecule has 0 saturated carbocycles. The van der Waals surface area contributed by atoms with E-state index in [1.165, 1.54) is 16.7 Å². The van der Waals surface area contributed by atoms with E-state index in [-0.39, 0.29) is 5.91 Å². The lowest BCUT2D eigenvalue weighted by Crippen LogP contribution is -2.27. The summed E-state index contributed by atoms with van der Waals surface area (Å²) in [7, 11) is 3.15. The summed E-state index contributed by atoms with van der Waals surface area (Å²) in [6, 6.07) is 12.5. The number of thioether (sulfide) groups is 1. The number of methoxy groups -OCH3 is 2. The van der Waals surface area contributed by atoms with Crippen LogP contribution in [-0.2, 0) is 4.79 Å². The molecule has 0 aromatic heterocycles. The first kappa shape index (κ1) is 17.8. The van der Waals surface area contributed by atoms with Gasteiger partial charge in [-0.1, -0.05) is 41.6 Å². The predicted molar refractivity (Wildman–Crippen MR) is 107 cm³/mol. The Bertz CT molecular complexity index is 865. The van der Waals surface area contributed by atoms with Gasteiger partial charge < -0.3 is 9.47 Å². The van der Waals surface area contributed by atoms with Crippen LogP contribution in [0.25, 0.3) is 6.08 Å². The van der Waals surface area contributed by atoms with Crippen molar-refractivity contribution in [1.82, 2.24) is 0 Å². The van der Waals surface area contributed by atoms with Gasteiger partial charge in [-0.25, -0.2) is 0 Å². The molecule has 2 aromatic carbocycles. The van der Waals surface area contributed by atoms with E-state index in [1.54, 1.807) is 50.6 Å². The molecule has 0 spiro atoms. The van der Waals surface area contributed by atoms with Crippen molar-refractivity contribution in [3.8, 4) is 11.5 Å². The van der Waals surface area contributed by atoms with Crippen molar-refractivity contribution in [1.29, 1.82) is 0 Å². The molecule has 1 saturated heterocycles. The zero-order valence-corrected chi connectivity index (χ0v) is 15.9. The number of nitrogens with zero attached hydrogens (tertiary/aromatic N) is 1. The molecule has 0 atom stereocenters. The second-order valence-electron chi connectivity index (χ2n) is 5.11. The molecule has 0 radical (unpaired) electrons. The van der Waals surface area contributed by atoms with E-state index in [0.29, 0.717) is 31.4 Å². The Kier molecular flexibility index (Phi) is 5.32. The van der Waals surface area contributed by atoms with Crippen LogP contribution in [-0.4, -0.2) is 24.4 Å². The molecular weight excluding hydrogens is 378 g/mol. The van der Waals surface area contributed by atoms with Crippen LogP contribution in [0.2, 0.25) is 5.02 Å². The molecule has 0 unspecified atom stereocenters. The molecule has 1 aliphatic rings. The van der Waals surface area contributed by atoms with Gasteiger partial charge in [0.05, 0.1) is 24.8 Å². The summed E-state index contributed by atoms with van der Waals surface area (Å²) in [5, 5.41) is 0.607. The summed E-state index contributed by atoms with van der Waals surface area (Å²) in [5.41, 5.74) is 1.52. The van der Waals surface area contributed by atoms with Crippen LogP contribution in [0.15, 0.2) is 47.4 Å². The SMILES string of the molecule is COc1ccc(C=C2SC(=S)N(c3ccc(Cl)cc3)C2=O)cc1OC. The summed E-state index contributed by atoms with van der Waals surface area (Å²) in [4.78, 5) is 14.8. The van der Waals surface area contributed by atoms with Gasteiger partial charge in [-0.15, -0.1) is 0 Å². The quantitative estimate of drug-likeness (QED) is 0.554. The number of amides is 1. The minimum atomic E-state index is -0.160. The lowest BCUT2D eigenvalue weighted by atomic mass is 10.2. The number of rotatable bonds is 4. The van der Waals surface area contributed by atoms with Gasteiger partial charge in [0, 0.05) is 5.02 Å². The monoisotopic (exact) mass is 391 g/mol. The van der Waals surface area contributed by atoms with E-state index in [0.717, 1.165) is 5.56 Å². The number of hydrogen-bond donors (Lipinski definition) is 0. The molecule has 0 bridgehead atoms. The Morgan fingerprint density at radius 2 is 1.76 bits per heavy atom. The van der Waals surface area contributed by atoms with Crippen LogP contribution in [0, 0.1) is 0 Å². The molecule has 0 aliphatic carbocycles. The molecule has 1 aliphatic heterocycles. The van der Waals surface area contributed by atoms with Gasteiger partial charge in [0.1, 0.15) is 0 Å². The maximum absolute atomic E-state index is 12.7. The largest absolute Gasteiger partial charge is 0.493 e. The van der Waals surface area contributed by atoms with Crippen LogP contribution in [0.4, 0.5) is 5.69 Å². The van der Waals surface area contributed by atoms with Gasteiger partial charge in [-0.05, 0) is 48.0 Å². The summed E-state index contributed by atoms with van der Waals surface area (Å²) in [6.45, 7) is 0. The van der Waals surface area contributed by atoms with Gasteiger partial charge in [-0.2, -0.15) is 0 Å². The average Bonchev–Trinajstić information content (AvgIpc) is 2.89. The fourth-order valence-electron chi connectivity index (χ4n) is 2.37. The normalized spacial score (nSPS) is 15.8. The highest BCUT2D eigenvalue weighted by atomic mass is 35.5. The third-order valence-electron chi connectivity index (χ3n) is 3.58. The van der Waals surface area contributed by atoms with E-state index >= 15 is 0 Å². The van der Waals surface area contributed by atoms with Crippen LogP contribution < -0.4 is 14.4 Å². The molecule has 3 rings (SSSR count). The summed E-state index contributed by atoms with van der Waals surface area (Å²) >= 11 is 12.5. The molecule has 1 fully saturated rings. The highest BCUT2D eigenvalue weighted by Crippen LogP contribution is 2.37. The number of anilines is 1. The molecule has 1 heterocycles. The fourth-order valence-corrected chi connectivity index (χ4v) is 3.80. The highest BCUT2D eigenvalue weighted by molar-refractivity contribution is 8.27. The van der Waals surface area contributed by atoms with Crippen molar-refractivity contribution in [2.75, 3.05) is 19.1 Å². The molecule has 2 aromatic rings. The maximum Gasteiger partial charge on any atom is 0.270 e. The molecule has 7 heteroatoms. The molecular formula is C18H14ClNO3S2. The Hall–Kier alpha value is -2.02. The summed E-state index contributed by atoms with van der Waals surface area (Å²) < 4.78 is 11.0. The van der Waals surface area contributed by atoms with E-state index in [9.17, 15) is 4.79 Å². The molecule has 1 amide bonds. The van der Waals surface area contributed by atoms with Crippen molar-refractivity contribution < 1.29 is 14.3 Å². The van der Waals surface area contributed by atoms with Crippen molar-refractivity contribution >= 4 is 57.6 Å². The molecule has 4 nitrogen and oxygen atoms in total. The number of benzene rings is 2. The Morgan fingerprint density at radius 1 is 1.08 bits per heavy atom. The fraction of sp³-hybridized carbons (Fsp3) is 0.111. The van der Waals surface area contributed by atoms with Gasteiger partial charge in [0.15, 0.2) is 15.8 Å². The van der Waals surface area contributed by atoms with Crippen molar-refractivity contribution in [2.24, 2.45) is 0 Å². The topological polar surface area (TPSA) is 38.8 Å². The Balaban J connectivity index is 1.91. The van der Waals surface area contributed by atoms with Gasteiger partial charge in [0.25, 0.3) is 5.91 Å². The summed E-state index contributed by atoms with van der Waals surface area (Å²) in [6.07, 6.45) is 1.79. The molecule has 25 heavy (non-hydrogen) atoms. The van der Waals surface area contributed by atoms with Crippen LogP contribution in [0.5, 0.6) is 11.5 Å². The van der Waals surface area contributed by atoms with E-state index in [2.05, 4.69) is 0 Å². The second kappa shape index (κ2) is 7.47. The van der Waals surface area contributed by atoms with Gasteiger partial charge >= 0.3 is 0 Å². The Labute approximate surface area is 160 Å². The maximum atomic E-state index is 12.7. The number of carbonyl (C=O) groups excluding carboxylic acids is 1. The first-order chi connectivity index (χ1) is 12.0. The number of hydrogen-bond acceptors (Lipinski definition) is 5. The van der Waals surface area contributed by atoms with E-state index in [1.807, 2.05) is 12.1 Å². The zero-order valence-electron chi connectivity index (χ0n) is 13.5. The molecule has 128 valence electrons. The van der Waals surface area contributed by atoms with Crippen LogP contribution >= 0.6 is 35.6 Å². The smallest absolute Gasteiger partial charge is 0.270 e. The van der Waals surface area contributed by atoms with Crippen LogP contribution in [0.3, 0.4) is 0 Å². The highest BCUT2D eigenvalue weighted by Gasteiger charge is 2.33. The minimum Gasteiger partial charge on any atom is -0.493 e. The minimum absolute atomic E-state index is 0.160. The molecule has 0 N–H and O–H groups in total. The second-order valence-corrected chi connectivity index (χ2v) is 7.22. The van der Waals surface area contributed by atoms with Gasteiger partial charge in [0.2, 0.25) is 0 Å². The van der Waals surface area contributed by atoms with Crippen LogP contribution in [0.1, 0.15) is 5.56 Å². The van der Waals surface area contributed by atoms with E-state index in [4.69, 9.17) is 33.3 Å². The Morgan fingerprint density at radius 3 is 2.40 bits per heavy atom. The third-order valence-corrected chi connectivity index (χ3v) is 5.14. The lowest BCUT2D eigenvalue weighted by Gasteiger charge is -2.14. The van der Waals surface area contributed by atoms with Gasteiger partial charge in [-0.3, -0.25) is 9.69 Å². The van der Waals surface area contributed by atoms with Crippen molar-refractivity contribution in [2.45, 2.75) is 0 Å². The number of carbonyl (C=O) groups is 1. The zero-order chi connectivity index (χ0) is 18.0. The number of ether oxygens (including phenoxy) is 2. The average molecular weight is 392 g/mol. The lowest BCUT2D eigenvalue weighted by molar-refractivity contribution is -0.113. The number of thiocarbonyl (C=S) groups is 1. The summed E-state index contributed by atoms with van der Waals surface area (Å²) in [5.74, 6) is 1.07.